The molecule has 2 heterocycles. The van der Waals surface area contributed by atoms with E-state index in [0.29, 0.717) is 0 Å². The van der Waals surface area contributed by atoms with Crippen LogP contribution in [0.1, 0.15) is 18.5 Å². The Bertz CT molecular complexity index is 647. The summed E-state index contributed by atoms with van der Waals surface area (Å²) in [7, 11) is 0. The molecule has 1 aromatic carbocycles. The minimum atomic E-state index is 0.209. The number of hydrogen-bond donors (Lipinski definition) is 1. The van der Waals surface area contributed by atoms with E-state index in [2.05, 4.69) is 33.4 Å². The van der Waals surface area contributed by atoms with Gasteiger partial charge in [0.1, 0.15) is 12.7 Å². The fourth-order valence-electron chi connectivity index (χ4n) is 2.02. The third-order valence-electron chi connectivity index (χ3n) is 3.12. The first-order valence-electron chi connectivity index (χ1n) is 6.44. The maximum atomic E-state index is 4.14. The van der Waals surface area contributed by atoms with Crippen LogP contribution in [-0.4, -0.2) is 19.7 Å². The highest BCUT2D eigenvalue weighted by Gasteiger charge is 2.05. The first-order chi connectivity index (χ1) is 9.83. The van der Waals surface area contributed by atoms with Crippen LogP contribution in [0.4, 0.5) is 5.69 Å². The van der Waals surface area contributed by atoms with E-state index in [9.17, 15) is 0 Å². The molecule has 0 aliphatic rings. The van der Waals surface area contributed by atoms with Gasteiger partial charge in [-0.25, -0.2) is 9.67 Å². The smallest absolute Gasteiger partial charge is 0.138 e. The Hall–Kier alpha value is -2.69. The van der Waals surface area contributed by atoms with Crippen molar-refractivity contribution in [3.8, 4) is 5.69 Å². The molecule has 5 nitrogen and oxygen atoms in total. The second-order valence-electron chi connectivity index (χ2n) is 4.54. The van der Waals surface area contributed by atoms with Gasteiger partial charge in [0.2, 0.25) is 0 Å². The first kappa shape index (κ1) is 12.3. The molecule has 0 aliphatic carbocycles. The van der Waals surface area contributed by atoms with Gasteiger partial charge in [0.05, 0.1) is 11.7 Å². The van der Waals surface area contributed by atoms with Gasteiger partial charge in [0.15, 0.2) is 0 Å². The number of benzene rings is 1. The molecule has 20 heavy (non-hydrogen) atoms. The van der Waals surface area contributed by atoms with Crippen LogP contribution >= 0.6 is 0 Å². The monoisotopic (exact) mass is 265 g/mol. The van der Waals surface area contributed by atoms with Crippen LogP contribution in [-0.2, 0) is 0 Å². The normalized spacial score (nSPS) is 12.1. The van der Waals surface area contributed by atoms with Crippen LogP contribution in [0.2, 0.25) is 0 Å². The number of rotatable bonds is 4. The number of aromatic nitrogens is 4. The van der Waals surface area contributed by atoms with E-state index in [1.54, 1.807) is 17.2 Å². The molecule has 3 aromatic rings. The summed E-state index contributed by atoms with van der Waals surface area (Å²) in [5, 5.41) is 7.55. The molecule has 1 unspecified atom stereocenters. The lowest BCUT2D eigenvalue weighted by Gasteiger charge is -2.15. The van der Waals surface area contributed by atoms with E-state index in [4.69, 9.17) is 0 Å². The van der Waals surface area contributed by atoms with Crippen molar-refractivity contribution in [2.45, 2.75) is 13.0 Å². The Morgan fingerprint density at radius 1 is 1.10 bits per heavy atom. The highest BCUT2D eigenvalue weighted by atomic mass is 15.3. The Morgan fingerprint density at radius 3 is 2.60 bits per heavy atom. The Labute approximate surface area is 117 Å². The Balaban J connectivity index is 1.72. The van der Waals surface area contributed by atoms with E-state index in [-0.39, 0.29) is 6.04 Å². The number of hydrogen-bond acceptors (Lipinski definition) is 4. The quantitative estimate of drug-likeness (QED) is 0.788. The van der Waals surface area contributed by atoms with Gasteiger partial charge in [-0.15, -0.1) is 0 Å². The van der Waals surface area contributed by atoms with E-state index in [1.165, 1.54) is 6.33 Å². The lowest BCUT2D eigenvalue weighted by Crippen LogP contribution is -2.06. The van der Waals surface area contributed by atoms with Crippen molar-refractivity contribution in [2.24, 2.45) is 0 Å². The summed E-state index contributed by atoms with van der Waals surface area (Å²) in [6.45, 7) is 2.11. The van der Waals surface area contributed by atoms with Gasteiger partial charge in [-0.05, 0) is 42.8 Å². The van der Waals surface area contributed by atoms with Crippen molar-refractivity contribution in [3.05, 3.63) is 67.0 Å². The van der Waals surface area contributed by atoms with E-state index in [0.717, 1.165) is 16.9 Å². The van der Waals surface area contributed by atoms with Gasteiger partial charge < -0.3 is 5.32 Å². The molecular weight excluding hydrogens is 250 g/mol. The standard InChI is InChI=1S/C15H15N5/c1-12(13-3-2-8-16-9-13)19-14-4-6-15(7-5-14)20-11-17-10-18-20/h2-12,19H,1H3. The molecule has 0 saturated heterocycles. The molecule has 0 saturated carbocycles. The maximum absolute atomic E-state index is 4.14. The summed E-state index contributed by atoms with van der Waals surface area (Å²) in [4.78, 5) is 8.08. The second kappa shape index (κ2) is 5.52. The van der Waals surface area contributed by atoms with Crippen molar-refractivity contribution in [2.75, 3.05) is 5.32 Å². The van der Waals surface area contributed by atoms with Crippen LogP contribution in [0.5, 0.6) is 0 Å². The molecule has 0 bridgehead atoms. The zero-order valence-electron chi connectivity index (χ0n) is 11.1. The third-order valence-corrected chi connectivity index (χ3v) is 3.12. The topological polar surface area (TPSA) is 55.6 Å². The Kier molecular flexibility index (Phi) is 3.41. The molecule has 1 N–H and O–H groups in total. The summed E-state index contributed by atoms with van der Waals surface area (Å²) >= 11 is 0. The van der Waals surface area contributed by atoms with E-state index < -0.39 is 0 Å². The number of nitrogens with zero attached hydrogens (tertiary/aromatic N) is 4. The van der Waals surface area contributed by atoms with Gasteiger partial charge in [0, 0.05) is 18.1 Å². The molecular formula is C15H15N5. The summed E-state index contributed by atoms with van der Waals surface area (Å²) in [5.74, 6) is 0. The Morgan fingerprint density at radius 2 is 1.95 bits per heavy atom. The van der Waals surface area contributed by atoms with Gasteiger partial charge in [0.25, 0.3) is 0 Å². The number of anilines is 1. The molecule has 1 atom stereocenters. The van der Waals surface area contributed by atoms with Crippen molar-refractivity contribution in [1.29, 1.82) is 0 Å². The molecule has 5 heteroatoms. The second-order valence-corrected chi connectivity index (χ2v) is 4.54. The number of nitrogens with one attached hydrogen (secondary N) is 1. The van der Waals surface area contributed by atoms with Gasteiger partial charge in [-0.2, -0.15) is 5.10 Å². The largest absolute Gasteiger partial charge is 0.378 e. The number of pyridine rings is 1. The van der Waals surface area contributed by atoms with Gasteiger partial charge >= 0.3 is 0 Å². The zero-order chi connectivity index (χ0) is 13.8. The molecule has 0 aliphatic heterocycles. The third kappa shape index (κ3) is 2.66. The SMILES string of the molecule is CC(Nc1ccc(-n2cncn2)cc1)c1cccnc1. The van der Waals surface area contributed by atoms with Crippen LogP contribution in [0.3, 0.4) is 0 Å². The van der Waals surface area contributed by atoms with Crippen LogP contribution in [0.15, 0.2) is 61.4 Å². The molecule has 0 radical (unpaired) electrons. The predicted octanol–water partition coefficient (Wildman–Crippen LogP) is 2.84. The fraction of sp³-hybridized carbons (Fsp3) is 0.133. The first-order valence-corrected chi connectivity index (χ1v) is 6.44. The van der Waals surface area contributed by atoms with Crippen molar-refractivity contribution in [1.82, 2.24) is 19.7 Å². The highest BCUT2D eigenvalue weighted by molar-refractivity contribution is 5.49. The van der Waals surface area contributed by atoms with Crippen molar-refractivity contribution >= 4 is 5.69 Å². The summed E-state index contributed by atoms with van der Waals surface area (Å²) < 4.78 is 1.73. The molecule has 3 rings (SSSR count). The minimum Gasteiger partial charge on any atom is -0.378 e. The highest BCUT2D eigenvalue weighted by Crippen LogP contribution is 2.19. The van der Waals surface area contributed by atoms with Crippen LogP contribution < -0.4 is 5.32 Å². The van der Waals surface area contributed by atoms with Gasteiger partial charge in [-0.3, -0.25) is 4.98 Å². The predicted molar refractivity (Wildman–Crippen MR) is 77.6 cm³/mol. The lowest BCUT2D eigenvalue weighted by atomic mass is 10.1. The molecule has 2 aromatic heterocycles. The summed E-state index contributed by atoms with van der Waals surface area (Å²) in [6.07, 6.45) is 6.86. The summed E-state index contributed by atoms with van der Waals surface area (Å²) in [5.41, 5.74) is 3.21. The average molecular weight is 265 g/mol. The average Bonchev–Trinajstić information content (AvgIpc) is 3.03. The van der Waals surface area contributed by atoms with Crippen LogP contribution in [0.25, 0.3) is 5.69 Å². The fourth-order valence-corrected chi connectivity index (χ4v) is 2.02. The van der Waals surface area contributed by atoms with E-state index in [1.807, 2.05) is 36.5 Å². The minimum absolute atomic E-state index is 0.209. The molecule has 100 valence electrons. The molecule has 0 spiro atoms. The summed E-state index contributed by atoms with van der Waals surface area (Å²) in [6, 6.07) is 12.3. The molecule has 0 fully saturated rings. The van der Waals surface area contributed by atoms with Crippen molar-refractivity contribution in [3.63, 3.8) is 0 Å². The van der Waals surface area contributed by atoms with E-state index >= 15 is 0 Å². The van der Waals surface area contributed by atoms with Crippen molar-refractivity contribution < 1.29 is 0 Å². The maximum Gasteiger partial charge on any atom is 0.138 e. The van der Waals surface area contributed by atoms with Crippen LogP contribution in [0, 0.1) is 0 Å². The van der Waals surface area contributed by atoms with Gasteiger partial charge in [-0.1, -0.05) is 6.07 Å². The lowest BCUT2D eigenvalue weighted by molar-refractivity contribution is 0.869. The zero-order valence-corrected chi connectivity index (χ0v) is 11.1. The molecule has 0 amide bonds.